The van der Waals surface area contributed by atoms with E-state index in [9.17, 15) is 13.2 Å². The summed E-state index contributed by atoms with van der Waals surface area (Å²) >= 11 is 0. The molecule has 34 heavy (non-hydrogen) atoms. The molecule has 2 saturated heterocycles. The van der Waals surface area contributed by atoms with Gasteiger partial charge in [-0.2, -0.15) is 8.78 Å². The van der Waals surface area contributed by atoms with Crippen molar-refractivity contribution < 1.29 is 27.4 Å². The summed E-state index contributed by atoms with van der Waals surface area (Å²) in [6, 6.07) is 5.57. The summed E-state index contributed by atoms with van der Waals surface area (Å²) in [4.78, 5) is 16.1. The molecule has 5 rings (SSSR count). The van der Waals surface area contributed by atoms with Crippen LogP contribution >= 0.6 is 0 Å². The van der Waals surface area contributed by atoms with E-state index in [0.29, 0.717) is 50.5 Å². The van der Waals surface area contributed by atoms with Crippen LogP contribution in [0.1, 0.15) is 18.5 Å². The Bertz CT molecular complexity index is 1170. The van der Waals surface area contributed by atoms with Crippen LogP contribution in [0.2, 0.25) is 0 Å². The molecule has 0 spiro atoms. The molecule has 1 N–H and O–H groups in total. The maximum atomic E-state index is 14.3. The predicted molar refractivity (Wildman–Crippen MR) is 119 cm³/mol. The third kappa shape index (κ3) is 4.93. The van der Waals surface area contributed by atoms with E-state index in [1.54, 1.807) is 6.20 Å². The van der Waals surface area contributed by atoms with Gasteiger partial charge in [-0.25, -0.2) is 14.4 Å². The van der Waals surface area contributed by atoms with Gasteiger partial charge in [0, 0.05) is 37.7 Å². The zero-order valence-electron chi connectivity index (χ0n) is 18.5. The van der Waals surface area contributed by atoms with Gasteiger partial charge in [-0.15, -0.1) is 0 Å². The molecule has 0 radical (unpaired) electrons. The number of aromatic nitrogens is 3. The van der Waals surface area contributed by atoms with Gasteiger partial charge in [-0.1, -0.05) is 0 Å². The minimum atomic E-state index is -3.01. The van der Waals surface area contributed by atoms with Gasteiger partial charge in [-0.05, 0) is 25.1 Å². The summed E-state index contributed by atoms with van der Waals surface area (Å²) in [7, 11) is 0. The maximum Gasteiger partial charge on any atom is 0.387 e. The van der Waals surface area contributed by atoms with Gasteiger partial charge in [-0.3, -0.25) is 4.98 Å². The predicted octanol–water partition coefficient (Wildman–Crippen LogP) is 3.93. The highest BCUT2D eigenvalue weighted by molar-refractivity contribution is 5.80. The van der Waals surface area contributed by atoms with Crippen molar-refractivity contribution in [3.8, 4) is 11.5 Å². The van der Waals surface area contributed by atoms with Crippen molar-refractivity contribution in [2.45, 2.75) is 38.5 Å². The van der Waals surface area contributed by atoms with Crippen LogP contribution in [0.3, 0.4) is 0 Å². The van der Waals surface area contributed by atoms with Crippen LogP contribution in [-0.4, -0.2) is 60.0 Å². The average molecular weight is 475 g/mol. The largest absolute Gasteiger partial charge is 0.487 e. The number of ether oxygens (including phenoxy) is 3. The zero-order valence-corrected chi connectivity index (χ0v) is 18.5. The van der Waals surface area contributed by atoms with Crippen LogP contribution in [0.5, 0.6) is 11.5 Å². The number of benzene rings is 1. The van der Waals surface area contributed by atoms with E-state index in [4.69, 9.17) is 19.4 Å². The van der Waals surface area contributed by atoms with Crippen LogP contribution in [0.25, 0.3) is 11.0 Å². The Morgan fingerprint density at radius 2 is 1.91 bits per heavy atom. The third-order valence-electron chi connectivity index (χ3n) is 5.81. The van der Waals surface area contributed by atoms with Crippen molar-refractivity contribution in [2.24, 2.45) is 0 Å². The molecular formula is C23H24F3N5O3. The van der Waals surface area contributed by atoms with Crippen LogP contribution in [-0.2, 0) is 4.74 Å². The molecule has 0 bridgehead atoms. The van der Waals surface area contributed by atoms with Crippen molar-refractivity contribution in [3.05, 3.63) is 42.0 Å². The fourth-order valence-corrected chi connectivity index (χ4v) is 4.00. The summed E-state index contributed by atoms with van der Waals surface area (Å²) in [5.74, 6) is 0.470. The first-order valence-corrected chi connectivity index (χ1v) is 11.1. The Labute approximate surface area is 194 Å². The number of nitrogens with zero attached hydrogens (tertiary/aromatic N) is 4. The normalized spacial score (nSPS) is 17.1. The number of anilines is 2. The molecule has 0 unspecified atom stereocenters. The zero-order chi connectivity index (χ0) is 23.7. The Kier molecular flexibility index (Phi) is 6.27. The molecule has 4 heterocycles. The lowest BCUT2D eigenvalue weighted by Crippen LogP contribution is -2.42. The highest BCUT2D eigenvalue weighted by Gasteiger charge is 2.27. The summed E-state index contributed by atoms with van der Waals surface area (Å²) in [6.07, 6.45) is 2.76. The fraction of sp³-hybridized carbons (Fsp3) is 0.435. The minimum Gasteiger partial charge on any atom is -0.487 e. The van der Waals surface area contributed by atoms with Gasteiger partial charge < -0.3 is 24.4 Å². The Balaban J connectivity index is 1.29. The number of hydrogen-bond donors (Lipinski definition) is 1. The second-order valence-corrected chi connectivity index (χ2v) is 8.36. The van der Waals surface area contributed by atoms with E-state index >= 15 is 0 Å². The lowest BCUT2D eigenvalue weighted by atomic mass is 10.1. The van der Waals surface area contributed by atoms with Crippen molar-refractivity contribution in [3.63, 3.8) is 0 Å². The summed E-state index contributed by atoms with van der Waals surface area (Å²) in [5.41, 5.74) is 2.35. The Hall–Kier alpha value is -3.34. The average Bonchev–Trinajstić information content (AvgIpc) is 2.78. The number of hydrogen-bond acceptors (Lipinski definition) is 8. The minimum absolute atomic E-state index is 0.0133. The number of halogens is 3. The molecule has 0 atom stereocenters. The molecule has 11 heteroatoms. The quantitative estimate of drug-likeness (QED) is 0.551. The smallest absolute Gasteiger partial charge is 0.387 e. The van der Waals surface area contributed by atoms with Gasteiger partial charge in [0.1, 0.15) is 17.4 Å². The number of fused-ring (bicyclic) bond motifs is 1. The molecule has 0 saturated carbocycles. The van der Waals surface area contributed by atoms with E-state index in [1.165, 1.54) is 12.1 Å². The highest BCUT2D eigenvalue weighted by Crippen LogP contribution is 2.31. The van der Waals surface area contributed by atoms with E-state index in [2.05, 4.69) is 19.9 Å². The Morgan fingerprint density at radius 1 is 1.12 bits per heavy atom. The van der Waals surface area contributed by atoms with Gasteiger partial charge in [0.05, 0.1) is 31.0 Å². The first-order valence-electron chi connectivity index (χ1n) is 11.1. The topological polar surface area (TPSA) is 81.6 Å². The lowest BCUT2D eigenvalue weighted by Gasteiger charge is -2.35. The lowest BCUT2D eigenvalue weighted by molar-refractivity contribution is -0.0500. The van der Waals surface area contributed by atoms with Crippen LogP contribution in [0.15, 0.2) is 30.5 Å². The van der Waals surface area contributed by atoms with E-state index in [1.807, 2.05) is 13.0 Å². The van der Waals surface area contributed by atoms with Crippen molar-refractivity contribution in [1.82, 2.24) is 15.0 Å². The first-order chi connectivity index (χ1) is 16.4. The van der Waals surface area contributed by atoms with Gasteiger partial charge in [0.25, 0.3) is 0 Å². The van der Waals surface area contributed by atoms with Crippen molar-refractivity contribution in [1.29, 1.82) is 0 Å². The maximum absolute atomic E-state index is 14.3. The van der Waals surface area contributed by atoms with Gasteiger partial charge in [0.15, 0.2) is 23.2 Å². The van der Waals surface area contributed by atoms with Gasteiger partial charge in [0.2, 0.25) is 0 Å². The number of alkyl halides is 2. The van der Waals surface area contributed by atoms with Crippen molar-refractivity contribution in [2.75, 3.05) is 36.5 Å². The molecule has 3 aromatic rings. The highest BCUT2D eigenvalue weighted by atomic mass is 19.3. The van der Waals surface area contributed by atoms with E-state index in [0.717, 1.165) is 23.1 Å². The molecule has 8 nitrogen and oxygen atoms in total. The SMILES string of the molecule is Cc1cc2nc(NC3COC3)c(N3CCC(Oc4ccc(OC(F)F)cc4F)CC3)nc2cn1. The number of aryl methyl sites for hydroxylation is 1. The molecule has 0 amide bonds. The van der Waals surface area contributed by atoms with Crippen LogP contribution in [0, 0.1) is 12.7 Å². The molecule has 2 aliphatic heterocycles. The number of nitrogens with one attached hydrogen (secondary N) is 1. The standard InChI is InChI=1S/C23H24F3N5O3/c1-13-8-18-19(10-27-13)30-22(21(29-18)28-14-11-32-12-14)31-6-4-15(5-7-31)33-20-3-2-16(9-17(20)24)34-23(25)26/h2-3,8-10,14-15,23H,4-7,11-12H2,1H3,(H,28,29). The monoisotopic (exact) mass is 475 g/mol. The van der Waals surface area contributed by atoms with Gasteiger partial charge >= 0.3 is 6.61 Å². The first kappa shape index (κ1) is 22.5. The number of rotatable bonds is 7. The summed E-state index contributed by atoms with van der Waals surface area (Å²) < 4.78 is 54.2. The molecule has 180 valence electrons. The summed E-state index contributed by atoms with van der Waals surface area (Å²) in [6.45, 7) is 1.41. The number of pyridine rings is 1. The Morgan fingerprint density at radius 3 is 2.59 bits per heavy atom. The second-order valence-electron chi connectivity index (χ2n) is 8.36. The fourth-order valence-electron chi connectivity index (χ4n) is 4.00. The third-order valence-corrected chi connectivity index (χ3v) is 5.81. The molecule has 2 fully saturated rings. The van der Waals surface area contributed by atoms with Crippen molar-refractivity contribution >= 4 is 22.7 Å². The summed E-state index contributed by atoms with van der Waals surface area (Å²) in [5, 5.41) is 3.43. The molecule has 0 aliphatic carbocycles. The molecule has 1 aromatic carbocycles. The van der Waals surface area contributed by atoms with E-state index in [-0.39, 0.29) is 23.6 Å². The second kappa shape index (κ2) is 9.49. The molecule has 2 aliphatic rings. The number of piperidine rings is 1. The molecule has 2 aromatic heterocycles. The van der Waals surface area contributed by atoms with E-state index < -0.39 is 12.4 Å². The van der Waals surface area contributed by atoms with Crippen LogP contribution in [0.4, 0.5) is 24.8 Å². The molecular weight excluding hydrogens is 451 g/mol. The van der Waals surface area contributed by atoms with Crippen LogP contribution < -0.4 is 19.7 Å².